The molecule has 0 radical (unpaired) electrons. The zero-order valence-corrected chi connectivity index (χ0v) is 20.7. The molecule has 0 amide bonds. The average molecular weight is 438 g/mol. The summed E-state index contributed by atoms with van der Waals surface area (Å²) in [7, 11) is 8.30. The lowest BCUT2D eigenvalue weighted by molar-refractivity contribution is -0.450. The van der Waals surface area contributed by atoms with E-state index in [2.05, 4.69) is 135 Å². The fourth-order valence-electron chi connectivity index (χ4n) is 4.19. The molecule has 0 spiro atoms. The van der Waals surface area contributed by atoms with Gasteiger partial charge in [-0.05, 0) is 71.2 Å². The van der Waals surface area contributed by atoms with Crippen molar-refractivity contribution >= 4 is 28.2 Å². The summed E-state index contributed by atoms with van der Waals surface area (Å²) in [6.07, 6.45) is 4.47. The highest BCUT2D eigenvalue weighted by Gasteiger charge is 2.22. The molecule has 170 valence electrons. The van der Waals surface area contributed by atoms with Gasteiger partial charge in [0.1, 0.15) is 6.54 Å². The molecule has 0 heterocycles. The highest BCUT2D eigenvalue weighted by molar-refractivity contribution is 6.17. The third kappa shape index (κ3) is 4.93. The minimum atomic E-state index is 0. The second-order valence-electron chi connectivity index (χ2n) is 8.49. The third-order valence-corrected chi connectivity index (χ3v) is 5.91. The van der Waals surface area contributed by atoms with Crippen molar-refractivity contribution in [2.75, 3.05) is 44.5 Å². The van der Waals surface area contributed by atoms with Gasteiger partial charge in [-0.15, -0.1) is 0 Å². The molecule has 0 atom stereocenters. The summed E-state index contributed by atoms with van der Waals surface area (Å²) in [5, 5.41) is 0. The molecule has 33 heavy (non-hydrogen) atoms. The first-order chi connectivity index (χ1) is 15.5. The second kappa shape index (κ2) is 10.4. The van der Waals surface area contributed by atoms with Crippen molar-refractivity contribution in [1.82, 2.24) is 0 Å². The van der Waals surface area contributed by atoms with Crippen LogP contribution in [-0.4, -0.2) is 40.4 Å². The number of fused-ring (bicyclic) bond motifs is 1. The SMILES string of the molecule is CC[NH+]=C1C=CC(=C(c2ccc(N(C)C)cc2)c2ccc(N(C)C)cc2)c2ccccc21.[CH3-]. The van der Waals surface area contributed by atoms with Crippen LogP contribution in [-0.2, 0) is 0 Å². The monoisotopic (exact) mass is 437 g/mol. The summed E-state index contributed by atoms with van der Waals surface area (Å²) < 4.78 is 0. The molecule has 0 unspecified atom stereocenters. The summed E-state index contributed by atoms with van der Waals surface area (Å²) in [6.45, 7) is 3.04. The molecule has 1 aliphatic rings. The number of rotatable bonds is 5. The largest absolute Gasteiger partial charge is 0.378 e. The van der Waals surface area contributed by atoms with Crippen molar-refractivity contribution in [3.63, 3.8) is 0 Å². The van der Waals surface area contributed by atoms with Gasteiger partial charge in [-0.25, -0.2) is 4.99 Å². The molecule has 0 saturated carbocycles. The maximum atomic E-state index is 3.52. The summed E-state index contributed by atoms with van der Waals surface area (Å²) in [4.78, 5) is 7.79. The molecule has 3 aromatic carbocycles. The van der Waals surface area contributed by atoms with Gasteiger partial charge in [0.05, 0.1) is 5.56 Å². The zero-order chi connectivity index (χ0) is 22.7. The van der Waals surface area contributed by atoms with E-state index < -0.39 is 0 Å². The van der Waals surface area contributed by atoms with Gasteiger partial charge in [0.25, 0.3) is 0 Å². The molecule has 0 saturated heterocycles. The quantitative estimate of drug-likeness (QED) is 0.585. The molecule has 3 heteroatoms. The molecule has 1 N–H and O–H groups in total. The van der Waals surface area contributed by atoms with Crippen molar-refractivity contribution in [3.05, 3.63) is 115 Å². The summed E-state index contributed by atoms with van der Waals surface area (Å²) >= 11 is 0. The van der Waals surface area contributed by atoms with Crippen LogP contribution in [0.25, 0.3) is 11.1 Å². The predicted octanol–water partition coefficient (Wildman–Crippen LogP) is 4.69. The van der Waals surface area contributed by atoms with E-state index in [-0.39, 0.29) is 7.43 Å². The molecule has 3 aromatic rings. The average Bonchev–Trinajstić information content (AvgIpc) is 2.81. The Morgan fingerprint density at radius 3 is 1.61 bits per heavy atom. The van der Waals surface area contributed by atoms with Gasteiger partial charge in [0, 0.05) is 45.6 Å². The Kier molecular flexibility index (Phi) is 7.55. The fraction of sp³-hybridized carbons (Fsp3) is 0.200. The standard InChI is InChI=1S/C29H31N3.CH3/c1-6-30-28-20-19-27(25-9-7-8-10-26(25)28)29(21-11-15-23(16-12-21)31(2)3)22-13-17-24(18-14-22)32(4)5;/h7-20H,6H2,1-5H3;1H3/q;-1/p+1. The summed E-state index contributed by atoms with van der Waals surface area (Å²) in [6, 6.07) is 26.4. The maximum Gasteiger partial charge on any atom is 0.206 e. The normalized spacial score (nSPS) is 13.4. The Bertz CT molecular complexity index is 1120. The second-order valence-corrected chi connectivity index (χ2v) is 8.49. The molecular weight excluding hydrogens is 402 g/mol. The lowest BCUT2D eigenvalue weighted by atomic mass is 9.83. The minimum absolute atomic E-state index is 0. The van der Waals surface area contributed by atoms with Crippen LogP contribution in [0.5, 0.6) is 0 Å². The molecule has 0 aromatic heterocycles. The van der Waals surface area contributed by atoms with E-state index in [0.717, 1.165) is 6.54 Å². The van der Waals surface area contributed by atoms with Crippen molar-refractivity contribution in [1.29, 1.82) is 0 Å². The first kappa shape index (κ1) is 24.1. The first-order valence-corrected chi connectivity index (χ1v) is 11.2. The van der Waals surface area contributed by atoms with E-state index in [4.69, 9.17) is 0 Å². The molecule has 3 nitrogen and oxygen atoms in total. The molecule has 1 aliphatic carbocycles. The van der Waals surface area contributed by atoms with Gasteiger partial charge in [-0.3, -0.25) is 0 Å². The molecule has 0 aliphatic heterocycles. The lowest BCUT2D eigenvalue weighted by Crippen LogP contribution is -2.72. The Balaban J connectivity index is 0.00000306. The molecule has 0 bridgehead atoms. The van der Waals surface area contributed by atoms with Crippen LogP contribution in [0, 0.1) is 7.43 Å². The van der Waals surface area contributed by atoms with Crippen LogP contribution >= 0.6 is 0 Å². The van der Waals surface area contributed by atoms with E-state index in [9.17, 15) is 0 Å². The smallest absolute Gasteiger partial charge is 0.206 e. The van der Waals surface area contributed by atoms with E-state index >= 15 is 0 Å². The van der Waals surface area contributed by atoms with Gasteiger partial charge >= 0.3 is 0 Å². The van der Waals surface area contributed by atoms with E-state index in [0.29, 0.717) is 0 Å². The highest BCUT2D eigenvalue weighted by atomic mass is 15.1. The van der Waals surface area contributed by atoms with Crippen LogP contribution in [0.15, 0.2) is 84.9 Å². The third-order valence-electron chi connectivity index (χ3n) is 5.91. The van der Waals surface area contributed by atoms with Gasteiger partial charge < -0.3 is 17.2 Å². The van der Waals surface area contributed by atoms with Crippen molar-refractivity contribution in [3.8, 4) is 0 Å². The van der Waals surface area contributed by atoms with Crippen LogP contribution in [0.2, 0.25) is 0 Å². The Morgan fingerprint density at radius 2 is 1.15 bits per heavy atom. The number of allylic oxidation sites excluding steroid dienone is 3. The predicted molar refractivity (Wildman–Crippen MR) is 145 cm³/mol. The van der Waals surface area contributed by atoms with Crippen LogP contribution in [0.1, 0.15) is 29.2 Å². The van der Waals surface area contributed by atoms with Crippen molar-refractivity contribution < 1.29 is 4.99 Å². The topological polar surface area (TPSA) is 20.5 Å². The number of benzene rings is 3. The number of hydrogen-bond acceptors (Lipinski definition) is 2. The van der Waals surface area contributed by atoms with Crippen molar-refractivity contribution in [2.24, 2.45) is 0 Å². The van der Waals surface area contributed by atoms with E-state index in [1.165, 1.54) is 50.5 Å². The van der Waals surface area contributed by atoms with Crippen LogP contribution in [0.3, 0.4) is 0 Å². The van der Waals surface area contributed by atoms with Crippen LogP contribution in [0.4, 0.5) is 11.4 Å². The Hall–Kier alpha value is -3.59. The molecular formula is C30H35N3. The molecule has 4 rings (SSSR count). The van der Waals surface area contributed by atoms with Gasteiger partial charge in [0.15, 0.2) is 0 Å². The van der Waals surface area contributed by atoms with Gasteiger partial charge in [-0.2, -0.15) is 0 Å². The number of nitrogens with zero attached hydrogens (tertiary/aromatic N) is 2. The van der Waals surface area contributed by atoms with Gasteiger partial charge in [-0.1, -0.05) is 42.5 Å². The van der Waals surface area contributed by atoms with Crippen LogP contribution < -0.4 is 14.8 Å². The summed E-state index contributed by atoms with van der Waals surface area (Å²) in [5.74, 6) is 0. The lowest BCUT2D eigenvalue weighted by Gasteiger charge is -2.21. The zero-order valence-electron chi connectivity index (χ0n) is 20.7. The maximum absolute atomic E-state index is 3.52. The number of nitrogens with one attached hydrogen (secondary N) is 1. The number of hydrogen-bond donors (Lipinski definition) is 1. The van der Waals surface area contributed by atoms with E-state index in [1.54, 1.807) is 0 Å². The van der Waals surface area contributed by atoms with Crippen molar-refractivity contribution in [2.45, 2.75) is 6.92 Å². The first-order valence-electron chi connectivity index (χ1n) is 11.2. The number of anilines is 2. The Labute approximate surface area is 199 Å². The molecule has 0 fully saturated rings. The minimum Gasteiger partial charge on any atom is -0.378 e. The highest BCUT2D eigenvalue weighted by Crippen LogP contribution is 2.37. The van der Waals surface area contributed by atoms with E-state index in [1.807, 2.05) is 0 Å². The Morgan fingerprint density at radius 1 is 0.667 bits per heavy atom. The summed E-state index contributed by atoms with van der Waals surface area (Å²) in [5.41, 5.74) is 11.0. The fourth-order valence-corrected chi connectivity index (χ4v) is 4.19. The van der Waals surface area contributed by atoms with Gasteiger partial charge in [0.2, 0.25) is 5.71 Å².